The van der Waals surface area contributed by atoms with Crippen LogP contribution in [0.2, 0.25) is 0 Å². The zero-order chi connectivity index (χ0) is 25.8. The van der Waals surface area contributed by atoms with E-state index in [1.165, 1.54) is 25.2 Å². The summed E-state index contributed by atoms with van der Waals surface area (Å²) in [4.78, 5) is 61.4. The number of hydrogen-bond donors (Lipinski definition) is 3. The normalized spacial score (nSPS) is 11.2. The summed E-state index contributed by atoms with van der Waals surface area (Å²) in [5, 5.41) is 4.79. The molecule has 0 saturated carbocycles. The fourth-order valence-electron chi connectivity index (χ4n) is 3.43. The van der Waals surface area contributed by atoms with E-state index in [-0.39, 0.29) is 29.8 Å². The van der Waals surface area contributed by atoms with Gasteiger partial charge in [0.05, 0.1) is 5.56 Å². The number of carbonyl (C=O) groups is 5. The van der Waals surface area contributed by atoms with Crippen LogP contribution in [0.25, 0.3) is 0 Å². The Balaban J connectivity index is 2.15. The molecule has 0 fully saturated rings. The molecule has 10 nitrogen and oxygen atoms in total. The number of imide groups is 1. The van der Waals surface area contributed by atoms with Crippen molar-refractivity contribution in [2.24, 2.45) is 5.73 Å². The van der Waals surface area contributed by atoms with Crippen molar-refractivity contribution < 1.29 is 28.7 Å². The van der Waals surface area contributed by atoms with Gasteiger partial charge in [0, 0.05) is 25.7 Å². The summed E-state index contributed by atoms with van der Waals surface area (Å²) < 4.78 is 5.59. The molecule has 1 atom stereocenters. The van der Waals surface area contributed by atoms with Crippen molar-refractivity contribution in [2.45, 2.75) is 38.9 Å². The van der Waals surface area contributed by atoms with Gasteiger partial charge >= 0.3 is 0 Å². The Kier molecular flexibility index (Phi) is 10.6. The van der Waals surface area contributed by atoms with E-state index in [1.54, 1.807) is 0 Å². The lowest BCUT2D eigenvalue weighted by Gasteiger charge is -2.27. The van der Waals surface area contributed by atoms with Gasteiger partial charge in [-0.3, -0.25) is 29.3 Å². The Morgan fingerprint density at radius 3 is 2.37 bits per heavy atom. The van der Waals surface area contributed by atoms with Crippen LogP contribution in [0.4, 0.5) is 0 Å². The molecular formula is C25H30N4O6. The smallest absolute Gasteiger partial charge is 0.258 e. The van der Waals surface area contributed by atoms with Crippen LogP contribution < -0.4 is 21.1 Å². The van der Waals surface area contributed by atoms with E-state index < -0.39 is 30.4 Å². The predicted octanol–water partition coefficient (Wildman–Crippen LogP) is 1.17. The number of nitrogens with two attached hydrogens (primary N) is 1. The Morgan fingerprint density at radius 2 is 1.77 bits per heavy atom. The maximum Gasteiger partial charge on any atom is 0.258 e. The van der Waals surface area contributed by atoms with Crippen LogP contribution in [0.3, 0.4) is 0 Å². The molecule has 186 valence electrons. The third-order valence-electron chi connectivity index (χ3n) is 5.36. The summed E-state index contributed by atoms with van der Waals surface area (Å²) in [7, 11) is 1.40. The van der Waals surface area contributed by atoms with Crippen LogP contribution >= 0.6 is 0 Å². The highest BCUT2D eigenvalue weighted by Crippen LogP contribution is 2.24. The van der Waals surface area contributed by atoms with E-state index in [1.807, 2.05) is 31.2 Å². The minimum Gasteiger partial charge on any atom is -0.483 e. The SMILES string of the molecule is CCCC(C(=O)NC=O)N(C)C(=O)c1c(C=O)cccc1OCC(=O)NCc1ccc(CN)cc1. The highest BCUT2D eigenvalue weighted by molar-refractivity contribution is 6.05. The van der Waals surface area contributed by atoms with Crippen molar-refractivity contribution >= 4 is 30.4 Å². The van der Waals surface area contributed by atoms with Crippen LogP contribution in [-0.4, -0.2) is 55.0 Å². The van der Waals surface area contributed by atoms with Crippen LogP contribution in [0.5, 0.6) is 5.75 Å². The van der Waals surface area contributed by atoms with Crippen molar-refractivity contribution in [1.82, 2.24) is 15.5 Å². The van der Waals surface area contributed by atoms with Gasteiger partial charge in [0.2, 0.25) is 12.3 Å². The van der Waals surface area contributed by atoms with Gasteiger partial charge in [-0.2, -0.15) is 0 Å². The highest BCUT2D eigenvalue weighted by atomic mass is 16.5. The molecule has 2 aromatic rings. The molecule has 0 heterocycles. The second-order valence-electron chi connectivity index (χ2n) is 7.77. The van der Waals surface area contributed by atoms with Gasteiger partial charge < -0.3 is 20.7 Å². The zero-order valence-corrected chi connectivity index (χ0v) is 19.8. The Labute approximate surface area is 203 Å². The third-order valence-corrected chi connectivity index (χ3v) is 5.36. The first-order valence-corrected chi connectivity index (χ1v) is 11.1. The van der Waals surface area contributed by atoms with Crippen LogP contribution in [0.1, 0.15) is 51.6 Å². The average Bonchev–Trinajstić information content (AvgIpc) is 2.88. The number of aldehydes is 1. The van der Waals surface area contributed by atoms with Gasteiger partial charge in [-0.15, -0.1) is 0 Å². The van der Waals surface area contributed by atoms with Gasteiger partial charge in [-0.1, -0.05) is 49.7 Å². The Hall–Kier alpha value is -4.05. The van der Waals surface area contributed by atoms with Gasteiger partial charge in [-0.05, 0) is 23.6 Å². The third kappa shape index (κ3) is 7.47. The number of benzene rings is 2. The zero-order valence-electron chi connectivity index (χ0n) is 19.8. The van der Waals surface area contributed by atoms with E-state index in [9.17, 15) is 24.0 Å². The molecule has 0 radical (unpaired) electrons. The molecule has 2 aromatic carbocycles. The standard InChI is InChI=1S/C25H30N4O6/c1-3-5-20(24(33)28-16-31)29(2)25(34)23-19(14-30)6-4-7-21(23)35-15-22(32)27-13-18-10-8-17(12-26)9-11-18/h4,6-11,14,16,20H,3,5,12-13,15,26H2,1-2H3,(H,27,32)(H,28,31,33). The molecule has 0 saturated heterocycles. The number of nitrogens with one attached hydrogen (secondary N) is 2. The molecule has 0 bridgehead atoms. The number of amides is 4. The van der Waals surface area contributed by atoms with E-state index in [4.69, 9.17) is 10.5 Å². The lowest BCUT2D eigenvalue weighted by Crippen LogP contribution is -2.47. The van der Waals surface area contributed by atoms with Crippen LogP contribution in [0, 0.1) is 0 Å². The van der Waals surface area contributed by atoms with Crippen molar-refractivity contribution in [3.8, 4) is 5.75 Å². The van der Waals surface area contributed by atoms with E-state index in [2.05, 4.69) is 10.6 Å². The summed E-state index contributed by atoms with van der Waals surface area (Å²) in [5.41, 5.74) is 7.41. The van der Waals surface area contributed by atoms with E-state index in [0.717, 1.165) is 16.0 Å². The first-order valence-electron chi connectivity index (χ1n) is 11.1. The number of hydrogen-bond acceptors (Lipinski definition) is 7. The summed E-state index contributed by atoms with van der Waals surface area (Å²) in [6, 6.07) is 11.0. The largest absolute Gasteiger partial charge is 0.483 e. The molecule has 4 amide bonds. The summed E-state index contributed by atoms with van der Waals surface area (Å²) in [5.74, 6) is -1.68. The fourth-order valence-corrected chi connectivity index (χ4v) is 3.43. The molecule has 0 aromatic heterocycles. The maximum absolute atomic E-state index is 13.3. The number of ether oxygens (including phenoxy) is 1. The lowest BCUT2D eigenvalue weighted by atomic mass is 10.0. The quantitative estimate of drug-likeness (QED) is 0.363. The molecule has 4 N–H and O–H groups in total. The summed E-state index contributed by atoms with van der Waals surface area (Å²) >= 11 is 0. The average molecular weight is 483 g/mol. The van der Waals surface area contributed by atoms with Gasteiger partial charge in [0.1, 0.15) is 11.8 Å². The molecule has 2 rings (SSSR count). The van der Waals surface area contributed by atoms with E-state index in [0.29, 0.717) is 25.7 Å². The highest BCUT2D eigenvalue weighted by Gasteiger charge is 2.30. The molecule has 0 aliphatic carbocycles. The van der Waals surface area contributed by atoms with Crippen LogP contribution in [0.15, 0.2) is 42.5 Å². The van der Waals surface area contributed by atoms with Crippen molar-refractivity contribution in [1.29, 1.82) is 0 Å². The maximum atomic E-state index is 13.3. The first kappa shape index (κ1) is 27.2. The molecule has 0 aliphatic rings. The topological polar surface area (TPSA) is 148 Å². The van der Waals surface area contributed by atoms with Crippen molar-refractivity contribution in [3.63, 3.8) is 0 Å². The summed E-state index contributed by atoms with van der Waals surface area (Å²) in [6.45, 7) is 2.15. The van der Waals surface area contributed by atoms with Gasteiger partial charge in [-0.25, -0.2) is 0 Å². The fraction of sp³-hybridized carbons (Fsp3) is 0.320. The number of carbonyl (C=O) groups excluding carboxylic acids is 5. The van der Waals surface area contributed by atoms with E-state index >= 15 is 0 Å². The first-order chi connectivity index (χ1) is 16.9. The van der Waals surface area contributed by atoms with Crippen molar-refractivity contribution in [3.05, 3.63) is 64.7 Å². The monoisotopic (exact) mass is 482 g/mol. The second kappa shape index (κ2) is 13.6. The van der Waals surface area contributed by atoms with Crippen molar-refractivity contribution in [2.75, 3.05) is 13.7 Å². The van der Waals surface area contributed by atoms with Crippen LogP contribution in [-0.2, 0) is 27.5 Å². The predicted molar refractivity (Wildman–Crippen MR) is 129 cm³/mol. The molecule has 10 heteroatoms. The number of nitrogens with zero attached hydrogens (tertiary/aromatic N) is 1. The summed E-state index contributed by atoms with van der Waals surface area (Å²) in [6.07, 6.45) is 1.63. The van der Waals surface area contributed by atoms with Gasteiger partial charge in [0.25, 0.3) is 11.8 Å². The molecule has 35 heavy (non-hydrogen) atoms. The Morgan fingerprint density at radius 1 is 1.09 bits per heavy atom. The molecule has 1 unspecified atom stereocenters. The number of rotatable bonds is 13. The molecule has 0 aliphatic heterocycles. The molecule has 0 spiro atoms. The Bertz CT molecular complexity index is 1050. The van der Waals surface area contributed by atoms with Gasteiger partial charge in [0.15, 0.2) is 12.9 Å². The minimum absolute atomic E-state index is 0.0277. The lowest BCUT2D eigenvalue weighted by molar-refractivity contribution is -0.129. The molecular weight excluding hydrogens is 452 g/mol. The second-order valence-corrected chi connectivity index (χ2v) is 7.77. The number of likely N-dealkylation sites (N-methyl/N-ethyl adjacent to an activating group) is 1. The minimum atomic E-state index is -0.931.